The topological polar surface area (TPSA) is 40.0 Å². The van der Waals surface area contributed by atoms with E-state index in [0.29, 0.717) is 24.1 Å². The number of hydrogen-bond acceptors (Lipinski definition) is 3. The Morgan fingerprint density at radius 1 is 1.12 bits per heavy atom. The van der Waals surface area contributed by atoms with Crippen LogP contribution in [0.5, 0.6) is 5.75 Å². The molecule has 1 aromatic carbocycles. The molecule has 3 atom stereocenters. The third kappa shape index (κ3) is 4.29. The van der Waals surface area contributed by atoms with Crippen molar-refractivity contribution in [3.8, 4) is 5.75 Å². The van der Waals surface area contributed by atoms with Crippen LogP contribution in [-0.4, -0.2) is 37.8 Å². The van der Waals surface area contributed by atoms with E-state index < -0.39 is 0 Å². The lowest BCUT2D eigenvalue weighted by atomic mass is 9.84. The van der Waals surface area contributed by atoms with Crippen LogP contribution in [-0.2, 0) is 4.74 Å². The van der Waals surface area contributed by atoms with Gasteiger partial charge < -0.3 is 14.4 Å². The highest BCUT2D eigenvalue weighted by atomic mass is 16.5. The van der Waals surface area contributed by atoms with E-state index in [9.17, 15) is 4.79 Å². The van der Waals surface area contributed by atoms with E-state index >= 15 is 0 Å². The van der Waals surface area contributed by atoms with Crippen LogP contribution in [0.25, 0.3) is 0 Å². The molecule has 0 aromatic heterocycles. The fourth-order valence-corrected chi connectivity index (χ4v) is 4.19. The van der Waals surface area contributed by atoms with Gasteiger partial charge in [-0.2, -0.15) is 0 Å². The molecule has 24 heavy (non-hydrogen) atoms. The Hall–Kier alpha value is -1.55. The number of carbonyl (C=O) groups is 1. The van der Waals surface area contributed by atoms with Gasteiger partial charge in [-0.15, -0.1) is 0 Å². The summed E-state index contributed by atoms with van der Waals surface area (Å²) >= 11 is 0. The molecule has 132 valence electrons. The minimum atomic E-state index is -0.214. The quantitative estimate of drug-likeness (QED) is 0.842. The van der Waals surface area contributed by atoms with Crippen LogP contribution in [0.15, 0.2) is 24.3 Å². The largest absolute Gasteiger partial charge is 0.491 e. The van der Waals surface area contributed by atoms with Gasteiger partial charge in [0.05, 0.1) is 30.8 Å². The normalized spacial score (nSPS) is 26.7. The second-order valence-electron chi connectivity index (χ2n) is 7.45. The van der Waals surface area contributed by atoms with Crippen molar-refractivity contribution >= 4 is 5.97 Å². The minimum Gasteiger partial charge on any atom is -0.491 e. The first-order valence-electron chi connectivity index (χ1n) is 9.42. The van der Waals surface area contributed by atoms with Crippen LogP contribution < -0.4 is 9.64 Å². The van der Waals surface area contributed by atoms with Crippen molar-refractivity contribution in [3.05, 3.63) is 29.8 Å². The summed E-state index contributed by atoms with van der Waals surface area (Å²) in [4.78, 5) is 14.1. The number of esters is 1. The second kappa shape index (κ2) is 8.02. The van der Waals surface area contributed by atoms with Crippen LogP contribution >= 0.6 is 0 Å². The number of piperidine rings is 2. The molecule has 0 amide bonds. The van der Waals surface area contributed by atoms with Gasteiger partial charge in [-0.1, -0.05) is 0 Å². The van der Waals surface area contributed by atoms with E-state index in [1.807, 2.05) is 26.0 Å². The smallest absolute Gasteiger partial charge is 0.338 e. The molecule has 0 aliphatic carbocycles. The number of quaternary nitrogens is 1. The zero-order valence-electron chi connectivity index (χ0n) is 14.9. The molecule has 2 fully saturated rings. The molecule has 0 bridgehead atoms. The van der Waals surface area contributed by atoms with Crippen molar-refractivity contribution in [1.82, 2.24) is 0 Å². The average Bonchev–Trinajstić information content (AvgIpc) is 2.59. The molecule has 2 aliphatic heterocycles. The van der Waals surface area contributed by atoms with Crippen molar-refractivity contribution in [2.24, 2.45) is 5.92 Å². The van der Waals surface area contributed by atoms with E-state index in [-0.39, 0.29) is 12.1 Å². The SMILES string of the molecule is CC(C)Oc1ccc(C(=O)OC[C@H]2CCC[NH+]3CCCC[C@H]23)cc1. The van der Waals surface area contributed by atoms with E-state index in [1.165, 1.54) is 45.2 Å². The average molecular weight is 332 g/mol. The zero-order chi connectivity index (χ0) is 16.9. The van der Waals surface area contributed by atoms with Gasteiger partial charge in [0.2, 0.25) is 0 Å². The molecule has 1 N–H and O–H groups in total. The van der Waals surface area contributed by atoms with Gasteiger partial charge >= 0.3 is 5.97 Å². The molecule has 2 saturated heterocycles. The van der Waals surface area contributed by atoms with Gasteiger partial charge in [0.25, 0.3) is 0 Å². The monoisotopic (exact) mass is 332 g/mol. The zero-order valence-corrected chi connectivity index (χ0v) is 14.9. The summed E-state index contributed by atoms with van der Waals surface area (Å²) in [6.07, 6.45) is 6.56. The molecule has 2 aliphatic rings. The summed E-state index contributed by atoms with van der Waals surface area (Å²) in [5.41, 5.74) is 0.606. The maximum absolute atomic E-state index is 12.3. The standard InChI is InChI=1S/C20H29NO3/c1-15(2)24-18-10-8-16(9-11-18)20(22)23-14-17-6-5-13-21-12-4-3-7-19(17)21/h8-11,15,17,19H,3-7,12-14H2,1-2H3/p+1/t17-,19-/m1/s1. The van der Waals surface area contributed by atoms with Crippen LogP contribution in [0.2, 0.25) is 0 Å². The predicted octanol–water partition coefficient (Wildman–Crippen LogP) is 2.48. The van der Waals surface area contributed by atoms with Gasteiger partial charge in [0.15, 0.2) is 0 Å². The van der Waals surface area contributed by atoms with Crippen molar-refractivity contribution in [2.75, 3.05) is 19.7 Å². The number of rotatable bonds is 5. The molecule has 1 unspecified atom stereocenters. The van der Waals surface area contributed by atoms with Crippen LogP contribution in [0.1, 0.15) is 56.3 Å². The highest BCUT2D eigenvalue weighted by Crippen LogP contribution is 2.21. The van der Waals surface area contributed by atoms with E-state index in [2.05, 4.69) is 0 Å². The molecule has 2 heterocycles. The van der Waals surface area contributed by atoms with Crippen LogP contribution in [0.4, 0.5) is 0 Å². The minimum absolute atomic E-state index is 0.134. The van der Waals surface area contributed by atoms with Crippen molar-refractivity contribution in [3.63, 3.8) is 0 Å². The third-order valence-electron chi connectivity index (χ3n) is 5.32. The van der Waals surface area contributed by atoms with Gasteiger partial charge in [-0.3, -0.25) is 0 Å². The first kappa shape index (κ1) is 17.3. The lowest BCUT2D eigenvalue weighted by Crippen LogP contribution is -3.18. The van der Waals surface area contributed by atoms with Crippen LogP contribution in [0.3, 0.4) is 0 Å². The second-order valence-corrected chi connectivity index (χ2v) is 7.45. The lowest BCUT2D eigenvalue weighted by molar-refractivity contribution is -0.940. The molecule has 4 heteroatoms. The summed E-state index contributed by atoms with van der Waals surface area (Å²) in [6, 6.07) is 7.95. The van der Waals surface area contributed by atoms with Crippen molar-refractivity contribution < 1.29 is 19.2 Å². The molecule has 0 radical (unpaired) electrons. The molecular formula is C20H30NO3+. The summed E-state index contributed by atoms with van der Waals surface area (Å²) in [6.45, 7) is 7.14. The van der Waals surface area contributed by atoms with Gasteiger partial charge in [-0.05, 0) is 70.2 Å². The van der Waals surface area contributed by atoms with Crippen molar-refractivity contribution in [2.45, 2.75) is 58.1 Å². The Bertz CT molecular complexity index is 538. The summed E-state index contributed by atoms with van der Waals surface area (Å²) in [5, 5.41) is 0. The molecule has 1 aromatic rings. The summed E-state index contributed by atoms with van der Waals surface area (Å²) in [5.74, 6) is 1.10. The maximum Gasteiger partial charge on any atom is 0.338 e. The van der Waals surface area contributed by atoms with Crippen molar-refractivity contribution in [1.29, 1.82) is 0 Å². The number of fused-ring (bicyclic) bond motifs is 1. The fraction of sp³-hybridized carbons (Fsp3) is 0.650. The molecule has 3 rings (SSSR count). The molecule has 0 saturated carbocycles. The number of nitrogens with one attached hydrogen (secondary N) is 1. The first-order chi connectivity index (χ1) is 11.6. The Balaban J connectivity index is 1.53. The summed E-state index contributed by atoms with van der Waals surface area (Å²) < 4.78 is 11.3. The highest BCUT2D eigenvalue weighted by molar-refractivity contribution is 5.89. The fourth-order valence-electron chi connectivity index (χ4n) is 4.19. The number of benzene rings is 1. The Morgan fingerprint density at radius 3 is 2.62 bits per heavy atom. The molecular weight excluding hydrogens is 302 g/mol. The van der Waals surface area contributed by atoms with Crippen LogP contribution in [0, 0.1) is 5.92 Å². The lowest BCUT2D eigenvalue weighted by Gasteiger charge is -2.40. The Kier molecular flexibility index (Phi) is 5.77. The third-order valence-corrected chi connectivity index (χ3v) is 5.32. The van der Waals surface area contributed by atoms with Gasteiger partial charge in [0.1, 0.15) is 12.4 Å². The van der Waals surface area contributed by atoms with E-state index in [4.69, 9.17) is 9.47 Å². The summed E-state index contributed by atoms with van der Waals surface area (Å²) in [7, 11) is 0. The highest BCUT2D eigenvalue weighted by Gasteiger charge is 2.37. The number of carbonyl (C=O) groups excluding carboxylic acids is 1. The van der Waals surface area contributed by atoms with Gasteiger partial charge in [-0.25, -0.2) is 4.79 Å². The molecule has 0 spiro atoms. The number of ether oxygens (including phenoxy) is 2. The Labute approximate surface area is 145 Å². The van der Waals surface area contributed by atoms with Gasteiger partial charge in [0, 0.05) is 5.92 Å². The Morgan fingerprint density at radius 2 is 1.88 bits per heavy atom. The maximum atomic E-state index is 12.3. The molecule has 4 nitrogen and oxygen atoms in total. The number of hydrogen-bond donors (Lipinski definition) is 1. The first-order valence-corrected chi connectivity index (χ1v) is 9.42. The van der Waals surface area contributed by atoms with E-state index in [0.717, 1.165) is 5.75 Å². The van der Waals surface area contributed by atoms with E-state index in [1.54, 1.807) is 17.0 Å². The predicted molar refractivity (Wildman–Crippen MR) is 93.5 cm³/mol.